The van der Waals surface area contributed by atoms with Gasteiger partial charge in [0.05, 0.1) is 24.2 Å². The molecule has 5 rings (SSSR count). The van der Waals surface area contributed by atoms with E-state index >= 15 is 0 Å². The number of rotatable bonds is 6. The average molecular weight is 482 g/mol. The molecule has 1 atom stereocenters. The zero-order chi connectivity index (χ0) is 22.8. The van der Waals surface area contributed by atoms with Crippen molar-refractivity contribution in [2.45, 2.75) is 31.3 Å². The molecule has 0 radical (unpaired) electrons. The van der Waals surface area contributed by atoms with Gasteiger partial charge >= 0.3 is 6.03 Å². The van der Waals surface area contributed by atoms with Crippen LogP contribution in [0.5, 0.6) is 0 Å². The van der Waals surface area contributed by atoms with E-state index in [4.69, 9.17) is 0 Å². The maximum Gasteiger partial charge on any atom is 0.325 e. The maximum atomic E-state index is 13.8. The van der Waals surface area contributed by atoms with Crippen molar-refractivity contribution in [2.75, 3.05) is 13.1 Å². The molecule has 33 heavy (non-hydrogen) atoms. The van der Waals surface area contributed by atoms with Gasteiger partial charge in [-0.25, -0.2) is 9.78 Å². The molecule has 0 spiro atoms. The van der Waals surface area contributed by atoms with Crippen LogP contribution < -0.4 is 5.32 Å². The van der Waals surface area contributed by atoms with Gasteiger partial charge in [0.1, 0.15) is 0 Å². The second-order valence-corrected chi connectivity index (χ2v) is 9.81. The molecule has 8 nitrogen and oxygen atoms in total. The summed E-state index contributed by atoms with van der Waals surface area (Å²) in [5.41, 5.74) is 2.94. The SMILES string of the molecule is O=C(Cc1cscn1)N1CCC([C@]2(c3cccnc3)NC(=O)N(Cc3ccsc3)C2=O)CC1. The topological polar surface area (TPSA) is 95.5 Å². The fourth-order valence-electron chi connectivity index (χ4n) is 4.76. The fraction of sp³-hybridized carbons (Fsp3) is 0.348. The Hall–Kier alpha value is -3.11. The highest BCUT2D eigenvalue weighted by molar-refractivity contribution is 7.08. The van der Waals surface area contributed by atoms with Crippen LogP contribution in [0.25, 0.3) is 0 Å². The molecule has 4 amide bonds. The van der Waals surface area contributed by atoms with Gasteiger partial charge in [0.25, 0.3) is 5.91 Å². The number of aromatic nitrogens is 2. The lowest BCUT2D eigenvalue weighted by Crippen LogP contribution is -2.54. The van der Waals surface area contributed by atoms with Gasteiger partial charge in [0.15, 0.2) is 5.54 Å². The minimum Gasteiger partial charge on any atom is -0.342 e. The predicted octanol–water partition coefficient (Wildman–Crippen LogP) is 3.03. The molecule has 0 aliphatic carbocycles. The second kappa shape index (κ2) is 9.03. The first-order valence-electron chi connectivity index (χ1n) is 10.8. The molecule has 3 aromatic heterocycles. The smallest absolute Gasteiger partial charge is 0.325 e. The van der Waals surface area contributed by atoms with Gasteiger partial charge in [0, 0.05) is 36.4 Å². The normalized spacial score (nSPS) is 21.5. The van der Waals surface area contributed by atoms with E-state index in [1.54, 1.807) is 24.0 Å². The van der Waals surface area contributed by atoms with E-state index in [2.05, 4.69) is 15.3 Å². The standard InChI is InChI=1S/C23H23N5O3S2/c29-20(10-19-14-33-15-25-19)27-7-3-17(4-8-27)23(18-2-1-6-24-11-18)21(30)28(22(31)26-23)12-16-5-9-32-13-16/h1-2,5-6,9,11,13-15,17H,3-4,7-8,10,12H2,(H,26,31)/t23-/m1/s1. The Morgan fingerprint density at radius 3 is 2.70 bits per heavy atom. The highest BCUT2D eigenvalue weighted by Crippen LogP contribution is 2.41. The molecule has 0 unspecified atom stereocenters. The Labute approximate surface area is 199 Å². The summed E-state index contributed by atoms with van der Waals surface area (Å²) in [6.45, 7) is 1.30. The predicted molar refractivity (Wildman–Crippen MR) is 124 cm³/mol. The number of urea groups is 1. The van der Waals surface area contributed by atoms with Crippen LogP contribution in [-0.4, -0.2) is 50.7 Å². The lowest BCUT2D eigenvalue weighted by Gasteiger charge is -2.41. The van der Waals surface area contributed by atoms with E-state index < -0.39 is 11.6 Å². The number of piperidine rings is 1. The summed E-state index contributed by atoms with van der Waals surface area (Å²) in [6, 6.07) is 5.16. The van der Waals surface area contributed by atoms with E-state index in [1.165, 1.54) is 27.6 Å². The number of nitrogens with one attached hydrogen (secondary N) is 1. The van der Waals surface area contributed by atoms with Gasteiger partial charge in [-0.1, -0.05) is 6.07 Å². The van der Waals surface area contributed by atoms with Crippen molar-refractivity contribution in [3.05, 3.63) is 69.1 Å². The van der Waals surface area contributed by atoms with Crippen LogP contribution in [0.15, 0.2) is 52.2 Å². The molecule has 2 aliphatic heterocycles. The van der Waals surface area contributed by atoms with Crippen LogP contribution in [0.1, 0.15) is 29.7 Å². The fourth-order valence-corrected chi connectivity index (χ4v) is 5.98. The van der Waals surface area contributed by atoms with E-state index in [-0.39, 0.29) is 30.7 Å². The number of thiazole rings is 1. The number of imide groups is 1. The Balaban J connectivity index is 1.37. The van der Waals surface area contributed by atoms with Crippen molar-refractivity contribution in [1.29, 1.82) is 0 Å². The van der Waals surface area contributed by atoms with Gasteiger partial charge in [-0.05, 0) is 47.2 Å². The molecule has 0 aromatic carbocycles. The van der Waals surface area contributed by atoms with Gasteiger partial charge in [-0.2, -0.15) is 11.3 Å². The first kappa shape index (κ1) is 21.7. The molecule has 2 saturated heterocycles. The number of nitrogens with zero attached hydrogens (tertiary/aromatic N) is 4. The molecule has 0 bridgehead atoms. The molecule has 170 valence electrons. The van der Waals surface area contributed by atoms with Crippen LogP contribution >= 0.6 is 22.7 Å². The number of pyridine rings is 1. The van der Waals surface area contributed by atoms with Crippen molar-refractivity contribution in [1.82, 2.24) is 25.1 Å². The third-order valence-corrected chi connectivity index (χ3v) is 7.81. The third-order valence-electron chi connectivity index (χ3n) is 6.45. The summed E-state index contributed by atoms with van der Waals surface area (Å²) in [6.07, 6.45) is 4.81. The molecule has 2 aliphatic rings. The quantitative estimate of drug-likeness (QED) is 0.546. The van der Waals surface area contributed by atoms with Crippen LogP contribution in [-0.2, 0) is 28.1 Å². The molecule has 2 fully saturated rings. The molecule has 3 aromatic rings. The number of thiophene rings is 1. The van der Waals surface area contributed by atoms with Crippen LogP contribution in [0.4, 0.5) is 4.79 Å². The number of hydrogen-bond donors (Lipinski definition) is 1. The molecule has 1 N–H and O–H groups in total. The summed E-state index contributed by atoms with van der Waals surface area (Å²) in [5, 5.41) is 8.79. The van der Waals surface area contributed by atoms with Crippen molar-refractivity contribution >= 4 is 40.5 Å². The Morgan fingerprint density at radius 2 is 2.03 bits per heavy atom. The maximum absolute atomic E-state index is 13.8. The van der Waals surface area contributed by atoms with Crippen LogP contribution in [0.3, 0.4) is 0 Å². The lowest BCUT2D eigenvalue weighted by molar-refractivity contribution is -0.136. The van der Waals surface area contributed by atoms with E-state index in [0.29, 0.717) is 31.5 Å². The van der Waals surface area contributed by atoms with Crippen LogP contribution in [0.2, 0.25) is 0 Å². The van der Waals surface area contributed by atoms with E-state index in [1.807, 2.05) is 33.2 Å². The summed E-state index contributed by atoms with van der Waals surface area (Å²) in [7, 11) is 0. The zero-order valence-electron chi connectivity index (χ0n) is 17.8. The Kier molecular flexibility index (Phi) is 5.94. The number of amides is 4. The first-order valence-corrected chi connectivity index (χ1v) is 12.7. The average Bonchev–Trinajstić information content (AvgIpc) is 3.59. The van der Waals surface area contributed by atoms with Crippen molar-refractivity contribution in [3.8, 4) is 0 Å². The van der Waals surface area contributed by atoms with Gasteiger partial charge in [-0.3, -0.25) is 19.5 Å². The summed E-state index contributed by atoms with van der Waals surface area (Å²) in [5.74, 6) is -0.358. The highest BCUT2D eigenvalue weighted by atomic mass is 32.1. The third kappa shape index (κ3) is 4.04. The Bertz CT molecular complexity index is 1130. The first-order chi connectivity index (χ1) is 16.1. The lowest BCUT2D eigenvalue weighted by atomic mass is 9.73. The molecule has 0 saturated carbocycles. The zero-order valence-corrected chi connectivity index (χ0v) is 19.5. The van der Waals surface area contributed by atoms with Crippen molar-refractivity contribution in [2.24, 2.45) is 5.92 Å². The molecule has 10 heteroatoms. The minimum atomic E-state index is -1.18. The molecular weight excluding hydrogens is 458 g/mol. The van der Waals surface area contributed by atoms with Gasteiger partial charge in [-0.15, -0.1) is 11.3 Å². The van der Waals surface area contributed by atoms with Crippen molar-refractivity contribution in [3.63, 3.8) is 0 Å². The summed E-state index contributed by atoms with van der Waals surface area (Å²) in [4.78, 5) is 51.1. The Morgan fingerprint density at radius 1 is 1.18 bits per heavy atom. The van der Waals surface area contributed by atoms with Gasteiger partial charge < -0.3 is 10.2 Å². The molecular formula is C23H23N5O3S2. The highest BCUT2D eigenvalue weighted by Gasteiger charge is 2.57. The molecule has 5 heterocycles. The number of carbonyl (C=O) groups is 3. The van der Waals surface area contributed by atoms with Crippen molar-refractivity contribution < 1.29 is 14.4 Å². The second-order valence-electron chi connectivity index (χ2n) is 8.31. The number of likely N-dealkylation sites (tertiary alicyclic amines) is 1. The largest absolute Gasteiger partial charge is 0.342 e. The number of carbonyl (C=O) groups excluding carboxylic acids is 3. The number of hydrogen-bond acceptors (Lipinski definition) is 7. The van der Waals surface area contributed by atoms with E-state index in [0.717, 1.165) is 11.3 Å². The summed E-state index contributed by atoms with van der Waals surface area (Å²) < 4.78 is 0. The summed E-state index contributed by atoms with van der Waals surface area (Å²) >= 11 is 3.01. The van der Waals surface area contributed by atoms with Gasteiger partial charge in [0.2, 0.25) is 5.91 Å². The monoisotopic (exact) mass is 481 g/mol. The van der Waals surface area contributed by atoms with E-state index in [9.17, 15) is 14.4 Å². The minimum absolute atomic E-state index is 0.0376. The van der Waals surface area contributed by atoms with Crippen LogP contribution in [0, 0.1) is 5.92 Å².